The number of benzene rings is 2. The average molecular weight is 430 g/mol. The lowest BCUT2D eigenvalue weighted by Crippen LogP contribution is -2.23. The van der Waals surface area contributed by atoms with Crippen LogP contribution in [0.2, 0.25) is 0 Å². The highest BCUT2D eigenvalue weighted by Gasteiger charge is 2.24. The van der Waals surface area contributed by atoms with Gasteiger partial charge in [-0.1, -0.05) is 22.0 Å². The molecule has 0 radical (unpaired) electrons. The summed E-state index contributed by atoms with van der Waals surface area (Å²) in [6.45, 7) is 1.02. The number of anilines is 1. The van der Waals surface area contributed by atoms with Crippen LogP contribution in [-0.2, 0) is 15.9 Å². The minimum absolute atomic E-state index is 0.204. The predicted molar refractivity (Wildman–Crippen MR) is 103 cm³/mol. The zero-order valence-corrected chi connectivity index (χ0v) is 15.9. The average Bonchev–Trinajstić information content (AvgIpc) is 3.27. The van der Waals surface area contributed by atoms with Gasteiger partial charge in [-0.2, -0.15) is 0 Å². The van der Waals surface area contributed by atoms with Crippen molar-refractivity contribution in [2.75, 3.05) is 24.7 Å². The summed E-state index contributed by atoms with van der Waals surface area (Å²) in [5.74, 6) is 0.313. The summed E-state index contributed by atoms with van der Waals surface area (Å²) in [4.78, 5) is 25.4. The molecule has 1 fully saturated rings. The highest BCUT2D eigenvalue weighted by atomic mass is 79.9. The van der Waals surface area contributed by atoms with Crippen LogP contribution in [0.1, 0.15) is 16.1 Å². The molecule has 3 aromatic rings. The molecule has 2 aromatic carbocycles. The van der Waals surface area contributed by atoms with Crippen molar-refractivity contribution in [3.63, 3.8) is 0 Å². The smallest absolute Gasteiger partial charge is 0.414 e. The van der Waals surface area contributed by atoms with Crippen LogP contribution in [0.25, 0.3) is 11.0 Å². The molecule has 0 saturated carbocycles. The highest BCUT2D eigenvalue weighted by molar-refractivity contribution is 9.10. The molecule has 1 aliphatic heterocycles. The number of esters is 1. The van der Waals surface area contributed by atoms with E-state index in [1.807, 2.05) is 24.3 Å². The molecule has 0 unspecified atom stereocenters. The number of rotatable bonds is 5. The van der Waals surface area contributed by atoms with E-state index in [9.17, 15) is 9.59 Å². The second kappa shape index (κ2) is 7.44. The van der Waals surface area contributed by atoms with Crippen LogP contribution in [0.15, 0.2) is 57.4 Å². The lowest BCUT2D eigenvalue weighted by atomic mass is 10.2. The minimum atomic E-state index is -0.441. The lowest BCUT2D eigenvalue weighted by Gasteiger charge is -2.13. The monoisotopic (exact) mass is 429 g/mol. The van der Waals surface area contributed by atoms with Crippen molar-refractivity contribution in [3.8, 4) is 0 Å². The van der Waals surface area contributed by atoms with E-state index in [4.69, 9.17) is 13.9 Å². The molecule has 1 aliphatic rings. The van der Waals surface area contributed by atoms with E-state index in [1.54, 1.807) is 24.3 Å². The van der Waals surface area contributed by atoms with Gasteiger partial charge in [0.15, 0.2) is 0 Å². The maximum atomic E-state index is 12.3. The van der Waals surface area contributed by atoms with Gasteiger partial charge in [0.25, 0.3) is 0 Å². The normalized spacial score (nSPS) is 13.8. The SMILES string of the molecule is O=C(OCCc1cc2cc(Br)ccc2o1)c1cccc(N2CCOC2=O)c1. The number of halogens is 1. The van der Waals surface area contributed by atoms with Gasteiger partial charge in [0.1, 0.15) is 18.0 Å². The predicted octanol–water partition coefficient (Wildman–Crippen LogP) is 4.55. The van der Waals surface area contributed by atoms with Crippen LogP contribution in [0.5, 0.6) is 0 Å². The van der Waals surface area contributed by atoms with Gasteiger partial charge in [-0.25, -0.2) is 9.59 Å². The van der Waals surface area contributed by atoms with Crippen LogP contribution < -0.4 is 4.90 Å². The van der Waals surface area contributed by atoms with Crippen molar-refractivity contribution in [3.05, 3.63) is 64.3 Å². The molecule has 27 heavy (non-hydrogen) atoms. The molecule has 0 bridgehead atoms. The first-order chi connectivity index (χ1) is 13.1. The Balaban J connectivity index is 1.38. The Hall–Kier alpha value is -2.80. The number of nitrogens with zero attached hydrogens (tertiary/aromatic N) is 1. The third-order valence-corrected chi connectivity index (χ3v) is 4.76. The molecule has 1 amide bonds. The number of carbonyl (C=O) groups is 2. The zero-order valence-electron chi connectivity index (χ0n) is 14.3. The first-order valence-corrected chi connectivity index (χ1v) is 9.29. The Morgan fingerprint density at radius 2 is 2.07 bits per heavy atom. The molecular weight excluding hydrogens is 414 g/mol. The fraction of sp³-hybridized carbons (Fsp3) is 0.200. The van der Waals surface area contributed by atoms with Gasteiger partial charge < -0.3 is 13.9 Å². The standard InChI is InChI=1S/C20H16BrNO5/c21-15-4-5-18-14(10-15)12-17(27-18)6-8-25-19(23)13-2-1-3-16(11-13)22-7-9-26-20(22)24/h1-5,10-12H,6-9H2. The van der Waals surface area contributed by atoms with Crippen molar-refractivity contribution in [2.45, 2.75) is 6.42 Å². The van der Waals surface area contributed by atoms with Crippen LogP contribution in [0, 0.1) is 0 Å². The van der Waals surface area contributed by atoms with E-state index in [2.05, 4.69) is 15.9 Å². The molecule has 0 atom stereocenters. The molecule has 1 saturated heterocycles. The fourth-order valence-electron chi connectivity index (χ4n) is 2.95. The number of hydrogen-bond donors (Lipinski definition) is 0. The Kier molecular flexibility index (Phi) is 4.85. The van der Waals surface area contributed by atoms with E-state index in [-0.39, 0.29) is 6.61 Å². The molecule has 0 aliphatic carbocycles. The number of amides is 1. The van der Waals surface area contributed by atoms with Crippen LogP contribution >= 0.6 is 15.9 Å². The Labute approximate surface area is 163 Å². The van der Waals surface area contributed by atoms with Gasteiger partial charge in [-0.3, -0.25) is 4.90 Å². The second-order valence-electron chi connectivity index (χ2n) is 6.10. The number of furan rings is 1. The molecule has 138 valence electrons. The largest absolute Gasteiger partial charge is 0.462 e. The topological polar surface area (TPSA) is 69.0 Å². The third-order valence-electron chi connectivity index (χ3n) is 4.27. The molecule has 0 N–H and O–H groups in total. The Bertz CT molecular complexity index is 1010. The highest BCUT2D eigenvalue weighted by Crippen LogP contribution is 2.24. The maximum Gasteiger partial charge on any atom is 0.414 e. The van der Waals surface area contributed by atoms with Crippen molar-refractivity contribution >= 4 is 44.6 Å². The van der Waals surface area contributed by atoms with Crippen LogP contribution in [0.4, 0.5) is 10.5 Å². The minimum Gasteiger partial charge on any atom is -0.462 e. The molecule has 6 nitrogen and oxygen atoms in total. The van der Waals surface area contributed by atoms with Crippen molar-refractivity contribution in [1.29, 1.82) is 0 Å². The number of fused-ring (bicyclic) bond motifs is 1. The first kappa shape index (κ1) is 17.6. The first-order valence-electron chi connectivity index (χ1n) is 8.49. The van der Waals surface area contributed by atoms with Gasteiger partial charge in [0.2, 0.25) is 0 Å². The van der Waals surface area contributed by atoms with Gasteiger partial charge in [0.05, 0.1) is 18.7 Å². The second-order valence-corrected chi connectivity index (χ2v) is 7.01. The summed E-state index contributed by atoms with van der Waals surface area (Å²) in [7, 11) is 0. The number of ether oxygens (including phenoxy) is 2. The Morgan fingerprint density at radius 1 is 1.19 bits per heavy atom. The summed E-state index contributed by atoms with van der Waals surface area (Å²) in [5, 5.41) is 0.996. The van der Waals surface area contributed by atoms with Gasteiger partial charge in [-0.15, -0.1) is 0 Å². The fourth-order valence-corrected chi connectivity index (χ4v) is 3.33. The molecule has 0 spiro atoms. The number of cyclic esters (lactones) is 1. The van der Waals surface area contributed by atoms with Crippen LogP contribution in [0.3, 0.4) is 0 Å². The van der Waals surface area contributed by atoms with Crippen molar-refractivity contribution in [2.24, 2.45) is 0 Å². The third kappa shape index (κ3) is 3.83. The van der Waals surface area contributed by atoms with E-state index in [1.165, 1.54) is 4.90 Å². The summed E-state index contributed by atoms with van der Waals surface area (Å²) >= 11 is 3.43. The van der Waals surface area contributed by atoms with E-state index in [0.29, 0.717) is 30.8 Å². The van der Waals surface area contributed by atoms with E-state index >= 15 is 0 Å². The number of hydrogen-bond acceptors (Lipinski definition) is 5. The zero-order chi connectivity index (χ0) is 18.8. The quantitative estimate of drug-likeness (QED) is 0.556. The molecule has 1 aromatic heterocycles. The maximum absolute atomic E-state index is 12.3. The van der Waals surface area contributed by atoms with Crippen molar-refractivity contribution < 1.29 is 23.5 Å². The molecule has 2 heterocycles. The van der Waals surface area contributed by atoms with E-state index in [0.717, 1.165) is 21.2 Å². The van der Waals surface area contributed by atoms with Gasteiger partial charge in [0, 0.05) is 22.0 Å². The van der Waals surface area contributed by atoms with Crippen LogP contribution in [-0.4, -0.2) is 31.8 Å². The van der Waals surface area contributed by atoms with Gasteiger partial charge in [-0.05, 0) is 42.5 Å². The Morgan fingerprint density at radius 3 is 2.89 bits per heavy atom. The molecule has 4 rings (SSSR count). The molecular formula is C20H16BrNO5. The van der Waals surface area contributed by atoms with Gasteiger partial charge >= 0.3 is 12.1 Å². The summed E-state index contributed by atoms with van der Waals surface area (Å²) in [6.07, 6.45) is 0.0768. The number of carbonyl (C=O) groups excluding carboxylic acids is 2. The summed E-state index contributed by atoms with van der Waals surface area (Å²) in [6, 6.07) is 14.5. The molecule has 7 heteroatoms. The lowest BCUT2D eigenvalue weighted by molar-refractivity contribution is 0.0505. The van der Waals surface area contributed by atoms with Crippen molar-refractivity contribution in [1.82, 2.24) is 0 Å². The summed E-state index contributed by atoms with van der Waals surface area (Å²) < 4.78 is 17.0. The van der Waals surface area contributed by atoms with E-state index < -0.39 is 12.1 Å². The summed E-state index contributed by atoms with van der Waals surface area (Å²) in [5.41, 5.74) is 1.81.